The van der Waals surface area contributed by atoms with Crippen molar-refractivity contribution < 1.29 is 22.4 Å². The lowest BCUT2D eigenvalue weighted by molar-refractivity contribution is -0.152. The predicted molar refractivity (Wildman–Crippen MR) is 107 cm³/mol. The Kier molecular flexibility index (Phi) is 7.07. The summed E-state index contributed by atoms with van der Waals surface area (Å²) in [5, 5.41) is 8.26. The third-order valence-corrected chi connectivity index (χ3v) is 8.42. The summed E-state index contributed by atoms with van der Waals surface area (Å²) < 4.78 is 34.4. The number of rotatable bonds is 7. The van der Waals surface area contributed by atoms with Crippen molar-refractivity contribution in [3.8, 4) is 0 Å². The highest BCUT2D eigenvalue weighted by atomic mass is 32.2. The van der Waals surface area contributed by atoms with Crippen molar-refractivity contribution in [1.29, 1.82) is 0 Å². The Bertz CT molecular complexity index is 777. The minimum Gasteiger partial charge on any atom is -0.461 e. The first-order valence-corrected chi connectivity index (χ1v) is 12.9. The largest absolute Gasteiger partial charge is 0.461 e. The van der Waals surface area contributed by atoms with Gasteiger partial charge in [0.2, 0.25) is 5.89 Å². The second kappa shape index (κ2) is 9.15. The van der Waals surface area contributed by atoms with Gasteiger partial charge in [-0.1, -0.05) is 39.0 Å². The zero-order valence-electron chi connectivity index (χ0n) is 16.8. The van der Waals surface area contributed by atoms with E-state index in [2.05, 4.69) is 31.0 Å². The Morgan fingerprint density at radius 2 is 2.07 bits per heavy atom. The van der Waals surface area contributed by atoms with Crippen molar-refractivity contribution in [1.82, 2.24) is 10.2 Å². The van der Waals surface area contributed by atoms with Crippen LogP contribution in [0, 0.1) is 23.7 Å². The van der Waals surface area contributed by atoms with Crippen molar-refractivity contribution in [3.63, 3.8) is 0 Å². The number of ether oxygens (including phenoxy) is 1. The van der Waals surface area contributed by atoms with E-state index in [9.17, 15) is 13.2 Å². The first-order valence-electron chi connectivity index (χ1n) is 10.1. The summed E-state index contributed by atoms with van der Waals surface area (Å²) in [5.41, 5.74) is 0. The molecule has 1 aliphatic carbocycles. The van der Waals surface area contributed by atoms with E-state index in [1.165, 1.54) is 18.2 Å². The maximum atomic E-state index is 12.3. The van der Waals surface area contributed by atoms with Crippen LogP contribution in [0.5, 0.6) is 0 Å². The average Bonchev–Trinajstić information content (AvgIpc) is 3.19. The van der Waals surface area contributed by atoms with Gasteiger partial charge in [0, 0.05) is 6.42 Å². The molecule has 0 bridgehead atoms. The van der Waals surface area contributed by atoms with Gasteiger partial charge in [0.1, 0.15) is 11.9 Å². The van der Waals surface area contributed by atoms with Crippen LogP contribution < -0.4 is 0 Å². The minimum atomic E-state index is -2.92. The second-order valence-corrected chi connectivity index (χ2v) is 11.7. The average molecular weight is 431 g/mol. The summed E-state index contributed by atoms with van der Waals surface area (Å²) in [4.78, 5) is 12.3. The normalized spacial score (nSPS) is 29.9. The summed E-state index contributed by atoms with van der Waals surface area (Å²) in [6.45, 7) is 6.58. The molecular weight excluding hydrogens is 400 g/mol. The molecule has 0 unspecified atom stereocenters. The lowest BCUT2D eigenvalue weighted by atomic mass is 9.75. The molecule has 0 N–H and O–H groups in total. The molecule has 0 spiro atoms. The fourth-order valence-electron chi connectivity index (χ4n) is 4.23. The smallest absolute Gasteiger partial charge is 0.316 e. The Morgan fingerprint density at radius 1 is 1.29 bits per heavy atom. The summed E-state index contributed by atoms with van der Waals surface area (Å²) in [6, 6.07) is 0. The molecular formula is C19H30N2O5S2. The zero-order valence-corrected chi connectivity index (χ0v) is 18.4. The van der Waals surface area contributed by atoms with Crippen molar-refractivity contribution >= 4 is 27.6 Å². The van der Waals surface area contributed by atoms with Crippen LogP contribution in [0.1, 0.15) is 52.3 Å². The highest BCUT2D eigenvalue weighted by molar-refractivity contribution is 7.99. The van der Waals surface area contributed by atoms with Gasteiger partial charge in [-0.25, -0.2) is 8.42 Å². The molecule has 2 aliphatic rings. The van der Waals surface area contributed by atoms with Crippen molar-refractivity contribution in [3.05, 3.63) is 5.89 Å². The number of sulfone groups is 1. The lowest BCUT2D eigenvalue weighted by Gasteiger charge is -2.36. The maximum Gasteiger partial charge on any atom is 0.316 e. The first kappa shape index (κ1) is 21.6. The fourth-order valence-corrected chi connectivity index (χ4v) is 6.66. The quantitative estimate of drug-likeness (QED) is 0.480. The molecule has 28 heavy (non-hydrogen) atoms. The Balaban J connectivity index is 1.46. The van der Waals surface area contributed by atoms with Crippen molar-refractivity contribution in [2.75, 3.05) is 17.3 Å². The number of hydrogen-bond acceptors (Lipinski definition) is 8. The van der Waals surface area contributed by atoms with E-state index in [0.717, 1.165) is 12.8 Å². The molecule has 1 aliphatic heterocycles. The third-order valence-electron chi connectivity index (χ3n) is 5.80. The van der Waals surface area contributed by atoms with E-state index < -0.39 is 9.84 Å². The molecule has 7 nitrogen and oxygen atoms in total. The fraction of sp³-hybridized carbons (Fsp3) is 0.842. The van der Waals surface area contributed by atoms with Gasteiger partial charge in [0.25, 0.3) is 5.22 Å². The van der Waals surface area contributed by atoms with Crippen LogP contribution in [0.4, 0.5) is 0 Å². The highest BCUT2D eigenvalue weighted by Gasteiger charge is 2.33. The van der Waals surface area contributed by atoms with Gasteiger partial charge >= 0.3 is 5.97 Å². The van der Waals surface area contributed by atoms with E-state index in [0.29, 0.717) is 41.7 Å². The number of hydrogen-bond donors (Lipinski definition) is 0. The topological polar surface area (TPSA) is 99.4 Å². The standard InChI is InChI=1S/C19H30N2O5S2/c1-12(2)15-5-4-13(3)8-16(15)25-18(22)10-27-19-21-20-17(26-19)9-14-6-7-28(23,24)11-14/h12-16H,4-11H2,1-3H3/t13-,14+,15-,16-/m1/s1. The molecule has 1 saturated heterocycles. The second-order valence-electron chi connectivity index (χ2n) is 8.58. The molecule has 0 radical (unpaired) electrons. The Morgan fingerprint density at radius 3 is 2.75 bits per heavy atom. The molecule has 2 fully saturated rings. The number of carbonyl (C=O) groups excluding carboxylic acids is 1. The van der Waals surface area contributed by atoms with Crippen LogP contribution in [0.3, 0.4) is 0 Å². The van der Waals surface area contributed by atoms with Gasteiger partial charge < -0.3 is 9.15 Å². The van der Waals surface area contributed by atoms with E-state index in [1.54, 1.807) is 0 Å². The van der Waals surface area contributed by atoms with Crippen LogP contribution in [0.25, 0.3) is 0 Å². The predicted octanol–water partition coefficient (Wildman–Crippen LogP) is 3.14. The van der Waals surface area contributed by atoms with Gasteiger partial charge in [-0.2, -0.15) is 0 Å². The number of esters is 1. The number of thioether (sulfide) groups is 1. The monoisotopic (exact) mass is 430 g/mol. The molecule has 1 saturated carbocycles. The first-order chi connectivity index (χ1) is 13.2. The van der Waals surface area contributed by atoms with Gasteiger partial charge in [-0.15, -0.1) is 10.2 Å². The third kappa shape index (κ3) is 5.95. The lowest BCUT2D eigenvalue weighted by Crippen LogP contribution is -2.36. The van der Waals surface area contributed by atoms with Crippen LogP contribution in [0.2, 0.25) is 0 Å². The van der Waals surface area contributed by atoms with Gasteiger partial charge in [-0.05, 0) is 42.9 Å². The van der Waals surface area contributed by atoms with Crippen molar-refractivity contribution in [2.45, 2.75) is 64.2 Å². The number of nitrogens with zero attached hydrogens (tertiary/aromatic N) is 2. The van der Waals surface area contributed by atoms with E-state index in [4.69, 9.17) is 9.15 Å². The van der Waals surface area contributed by atoms with E-state index >= 15 is 0 Å². The number of aromatic nitrogens is 2. The maximum absolute atomic E-state index is 12.3. The molecule has 1 aromatic heterocycles. The van der Waals surface area contributed by atoms with E-state index in [-0.39, 0.29) is 35.2 Å². The summed E-state index contributed by atoms with van der Waals surface area (Å²) >= 11 is 1.17. The Hall–Kier alpha value is -1.09. The minimum absolute atomic E-state index is 0.0144. The van der Waals surface area contributed by atoms with Gasteiger partial charge in [0.15, 0.2) is 9.84 Å². The molecule has 0 amide bonds. The Labute approximate surface area is 171 Å². The summed E-state index contributed by atoms with van der Waals surface area (Å²) in [5.74, 6) is 2.26. The van der Waals surface area contributed by atoms with Crippen LogP contribution >= 0.6 is 11.8 Å². The SMILES string of the molecule is CC(C)[C@H]1CC[C@@H](C)C[C@H]1OC(=O)CSc1nnc(C[C@@H]2CCS(=O)(=O)C2)o1. The van der Waals surface area contributed by atoms with E-state index in [1.807, 2.05) is 0 Å². The number of carbonyl (C=O) groups is 1. The zero-order chi connectivity index (χ0) is 20.3. The molecule has 0 aromatic carbocycles. The van der Waals surface area contributed by atoms with Crippen LogP contribution in [-0.2, 0) is 25.8 Å². The van der Waals surface area contributed by atoms with Gasteiger partial charge in [-0.3, -0.25) is 4.79 Å². The molecule has 3 rings (SSSR count). The molecule has 1 aromatic rings. The van der Waals surface area contributed by atoms with Crippen LogP contribution in [-0.4, -0.2) is 47.9 Å². The van der Waals surface area contributed by atoms with Gasteiger partial charge in [0.05, 0.1) is 11.5 Å². The molecule has 4 atom stereocenters. The molecule has 158 valence electrons. The highest BCUT2D eigenvalue weighted by Crippen LogP contribution is 2.35. The molecule has 2 heterocycles. The molecule has 9 heteroatoms. The van der Waals surface area contributed by atoms with Crippen molar-refractivity contribution in [2.24, 2.45) is 23.7 Å². The summed E-state index contributed by atoms with van der Waals surface area (Å²) in [7, 11) is -2.92. The summed E-state index contributed by atoms with van der Waals surface area (Å²) in [6.07, 6.45) is 4.31. The van der Waals surface area contributed by atoms with Crippen LogP contribution in [0.15, 0.2) is 9.64 Å².